The van der Waals surface area contributed by atoms with Crippen LogP contribution in [0.4, 0.5) is 0 Å². The summed E-state index contributed by atoms with van der Waals surface area (Å²) in [4.78, 5) is 39.0. The van der Waals surface area contributed by atoms with Crippen molar-refractivity contribution in [1.82, 2.24) is 15.8 Å². The molecule has 1 aromatic heterocycles. The molecule has 2 amide bonds. The fraction of sp³-hybridized carbons (Fsp3) is 0.333. The summed E-state index contributed by atoms with van der Waals surface area (Å²) in [5, 5.41) is 30.7. The molecule has 4 rings (SSSR count). The Balaban J connectivity index is 1.42. The minimum Gasteiger partial charge on any atom is -0.478 e. The van der Waals surface area contributed by atoms with Gasteiger partial charge in [-0.15, -0.1) is 11.8 Å². The number of hydroxylamine groups is 1. The molecule has 1 aliphatic heterocycles. The number of carboxylic acids is 1. The molecule has 3 unspecified atom stereocenters. The van der Waals surface area contributed by atoms with Crippen LogP contribution in [0.5, 0.6) is 0 Å². The Kier molecular flexibility index (Phi) is 11.4. The second-order valence-electron chi connectivity index (χ2n) is 9.73. The number of carbonyl (C=O) groups excluding carboxylic acids is 2. The number of pyridine rings is 1. The average molecular weight is 596 g/mol. The minimum absolute atomic E-state index is 0.0551. The van der Waals surface area contributed by atoms with Crippen molar-refractivity contribution in [2.75, 3.05) is 5.75 Å². The lowest BCUT2D eigenvalue weighted by Gasteiger charge is -2.36. The highest BCUT2D eigenvalue weighted by Gasteiger charge is 2.32. The zero-order valence-electron chi connectivity index (χ0n) is 22.8. The third-order valence-electron chi connectivity index (χ3n) is 6.70. The zero-order chi connectivity index (χ0) is 29.9. The van der Waals surface area contributed by atoms with Gasteiger partial charge in [-0.2, -0.15) is 0 Å². The Morgan fingerprint density at radius 2 is 1.62 bits per heavy atom. The van der Waals surface area contributed by atoms with Gasteiger partial charge >= 0.3 is 5.97 Å². The Hall–Kier alpha value is -3.81. The molecule has 2 aromatic carbocycles. The van der Waals surface area contributed by atoms with Gasteiger partial charge in [-0.1, -0.05) is 48.5 Å². The van der Waals surface area contributed by atoms with Crippen LogP contribution in [0.3, 0.4) is 0 Å². The first kappa shape index (κ1) is 31.1. The number of hydrogen-bond acceptors (Lipinski definition) is 9. The summed E-state index contributed by atoms with van der Waals surface area (Å²) in [5.41, 5.74) is 5.08. The lowest BCUT2D eigenvalue weighted by atomic mass is 10.0. The van der Waals surface area contributed by atoms with Crippen LogP contribution >= 0.6 is 11.8 Å². The second-order valence-corrected chi connectivity index (χ2v) is 10.7. The standard InChI is InChI=1S/C30H33N3O8S/c34-17-20-8-10-21(11-9-20)25-15-23(18-42-28-24(29(37)38)3-2-14-31-28)40-30(41-25)22-12-6-19(7-13-22)16-32-26(35)4-1-5-27(36)33-39/h2-3,6-14,23,25,30,34,39H,1,4-5,15-18H2,(H,32,35)(H,33,36)(H,37,38). The maximum absolute atomic E-state index is 12.1. The summed E-state index contributed by atoms with van der Waals surface area (Å²) < 4.78 is 12.7. The Labute approximate surface area is 247 Å². The number of nitrogens with zero attached hydrogens (tertiary/aromatic N) is 1. The van der Waals surface area contributed by atoms with Gasteiger partial charge < -0.3 is 25.0 Å². The van der Waals surface area contributed by atoms with E-state index in [2.05, 4.69) is 10.3 Å². The van der Waals surface area contributed by atoms with Crippen molar-refractivity contribution >= 4 is 29.5 Å². The fourth-order valence-electron chi connectivity index (χ4n) is 4.41. The molecule has 0 aliphatic carbocycles. The highest BCUT2D eigenvalue weighted by atomic mass is 32.2. The minimum atomic E-state index is -1.04. The summed E-state index contributed by atoms with van der Waals surface area (Å²) in [6.45, 7) is 0.257. The number of aromatic carboxylic acids is 1. The molecular weight excluding hydrogens is 562 g/mol. The van der Waals surface area contributed by atoms with Gasteiger partial charge in [0.15, 0.2) is 6.29 Å². The van der Waals surface area contributed by atoms with Crippen molar-refractivity contribution in [2.24, 2.45) is 0 Å². The molecule has 1 aliphatic rings. The molecule has 3 atom stereocenters. The predicted octanol–water partition coefficient (Wildman–Crippen LogP) is 3.90. The molecular formula is C30H33N3O8S. The van der Waals surface area contributed by atoms with Crippen molar-refractivity contribution < 1.29 is 39.3 Å². The molecule has 5 N–H and O–H groups in total. The van der Waals surface area contributed by atoms with E-state index in [1.165, 1.54) is 17.8 Å². The monoisotopic (exact) mass is 595 g/mol. The van der Waals surface area contributed by atoms with E-state index < -0.39 is 18.2 Å². The van der Waals surface area contributed by atoms with Crippen LogP contribution in [0.15, 0.2) is 71.9 Å². The van der Waals surface area contributed by atoms with Gasteiger partial charge in [0.05, 0.1) is 24.4 Å². The van der Waals surface area contributed by atoms with Crippen LogP contribution < -0.4 is 10.8 Å². The summed E-state index contributed by atoms with van der Waals surface area (Å²) >= 11 is 1.32. The summed E-state index contributed by atoms with van der Waals surface area (Å²) in [6.07, 6.45) is 1.42. The number of carboxylic acid groups (broad SMARTS) is 1. The van der Waals surface area contributed by atoms with Gasteiger partial charge in [0.1, 0.15) is 5.03 Å². The lowest BCUT2D eigenvalue weighted by molar-refractivity contribution is -0.245. The van der Waals surface area contributed by atoms with Gasteiger partial charge in [-0.3, -0.25) is 14.8 Å². The third kappa shape index (κ3) is 8.84. The topological polar surface area (TPSA) is 167 Å². The van der Waals surface area contributed by atoms with E-state index in [0.717, 1.165) is 22.3 Å². The number of nitrogens with one attached hydrogen (secondary N) is 2. The number of aliphatic hydroxyl groups is 1. The largest absolute Gasteiger partial charge is 0.478 e. The molecule has 3 aromatic rings. The second kappa shape index (κ2) is 15.4. The van der Waals surface area contributed by atoms with Gasteiger partial charge in [0, 0.05) is 43.3 Å². The van der Waals surface area contributed by atoms with Crippen molar-refractivity contribution in [3.8, 4) is 0 Å². The molecule has 12 heteroatoms. The normalized spacial score (nSPS) is 18.3. The summed E-state index contributed by atoms with van der Waals surface area (Å²) in [7, 11) is 0. The fourth-order valence-corrected chi connectivity index (χ4v) is 5.41. The quantitative estimate of drug-likeness (QED) is 0.111. The maximum Gasteiger partial charge on any atom is 0.338 e. The number of thioether (sulfide) groups is 1. The van der Waals surface area contributed by atoms with Crippen LogP contribution in [-0.4, -0.2) is 50.0 Å². The highest BCUT2D eigenvalue weighted by molar-refractivity contribution is 7.99. The SMILES string of the molecule is O=C(CCCC(=O)NCc1ccc(C2OC(CSc3ncccc3C(=O)O)CC(c3ccc(CO)cc3)O2)cc1)NO. The molecule has 0 saturated carbocycles. The van der Waals surface area contributed by atoms with Crippen molar-refractivity contribution in [1.29, 1.82) is 0 Å². The van der Waals surface area contributed by atoms with Crippen LogP contribution in [-0.2, 0) is 32.2 Å². The van der Waals surface area contributed by atoms with E-state index in [4.69, 9.17) is 14.7 Å². The van der Waals surface area contributed by atoms with E-state index in [1.807, 2.05) is 48.5 Å². The van der Waals surface area contributed by atoms with Gasteiger partial charge in [-0.05, 0) is 35.2 Å². The van der Waals surface area contributed by atoms with Crippen LogP contribution in [0.25, 0.3) is 0 Å². The number of hydrogen-bond donors (Lipinski definition) is 5. The predicted molar refractivity (Wildman–Crippen MR) is 152 cm³/mol. The van der Waals surface area contributed by atoms with E-state index >= 15 is 0 Å². The third-order valence-corrected chi connectivity index (χ3v) is 7.83. The number of aliphatic hydroxyl groups excluding tert-OH is 1. The molecule has 0 spiro atoms. The number of aromatic nitrogens is 1. The lowest BCUT2D eigenvalue weighted by Crippen LogP contribution is -2.31. The first-order valence-electron chi connectivity index (χ1n) is 13.5. The van der Waals surface area contributed by atoms with Crippen molar-refractivity contribution in [3.05, 3.63) is 94.7 Å². The molecule has 222 valence electrons. The molecule has 2 heterocycles. The number of ether oxygens (including phenoxy) is 2. The molecule has 0 bridgehead atoms. The maximum atomic E-state index is 12.1. The first-order chi connectivity index (χ1) is 20.4. The Bertz CT molecular complexity index is 1350. The molecule has 42 heavy (non-hydrogen) atoms. The van der Waals surface area contributed by atoms with Gasteiger partial charge in [-0.25, -0.2) is 15.3 Å². The zero-order valence-corrected chi connectivity index (χ0v) is 23.6. The van der Waals surface area contributed by atoms with E-state index in [9.17, 15) is 24.6 Å². The molecule has 11 nitrogen and oxygen atoms in total. The Morgan fingerprint density at radius 3 is 2.31 bits per heavy atom. The van der Waals surface area contributed by atoms with Crippen LogP contribution in [0.1, 0.15) is 70.7 Å². The molecule has 1 fully saturated rings. The number of carbonyl (C=O) groups is 3. The van der Waals surface area contributed by atoms with Crippen LogP contribution in [0.2, 0.25) is 0 Å². The van der Waals surface area contributed by atoms with E-state index in [1.54, 1.807) is 17.7 Å². The molecule has 1 saturated heterocycles. The first-order valence-corrected chi connectivity index (χ1v) is 14.4. The highest BCUT2D eigenvalue weighted by Crippen LogP contribution is 2.39. The van der Waals surface area contributed by atoms with Crippen molar-refractivity contribution in [2.45, 2.75) is 62.4 Å². The van der Waals surface area contributed by atoms with E-state index in [0.29, 0.717) is 30.2 Å². The smallest absolute Gasteiger partial charge is 0.338 e. The molecule has 0 radical (unpaired) electrons. The summed E-state index contributed by atoms with van der Waals surface area (Å²) in [6, 6.07) is 18.2. The number of amides is 2. The van der Waals surface area contributed by atoms with E-state index in [-0.39, 0.29) is 43.1 Å². The summed E-state index contributed by atoms with van der Waals surface area (Å²) in [5.74, 6) is -1.30. The van der Waals surface area contributed by atoms with Gasteiger partial charge in [0.2, 0.25) is 11.8 Å². The van der Waals surface area contributed by atoms with Gasteiger partial charge in [0.25, 0.3) is 0 Å². The Morgan fingerprint density at radius 1 is 0.929 bits per heavy atom. The van der Waals surface area contributed by atoms with Crippen LogP contribution in [0, 0.1) is 0 Å². The van der Waals surface area contributed by atoms with Crippen molar-refractivity contribution in [3.63, 3.8) is 0 Å². The number of rotatable bonds is 13. The average Bonchev–Trinajstić information content (AvgIpc) is 3.03. The number of benzene rings is 2.